The second-order valence-electron chi connectivity index (χ2n) is 10.7. The van der Waals surface area contributed by atoms with Gasteiger partial charge in [0.15, 0.2) is 23.8 Å². The van der Waals surface area contributed by atoms with Gasteiger partial charge in [-0.3, -0.25) is 14.4 Å². The molecule has 4 aliphatic carbocycles. The van der Waals surface area contributed by atoms with Gasteiger partial charge in [0.25, 0.3) is 0 Å². The first kappa shape index (κ1) is 21.6. The molecule has 5 rings (SSSR count). The molecule has 7 nitrogen and oxygen atoms in total. The highest BCUT2D eigenvalue weighted by Gasteiger charge is 2.74. The van der Waals surface area contributed by atoms with Crippen molar-refractivity contribution in [1.82, 2.24) is 0 Å². The average molecular weight is 442 g/mol. The largest absolute Gasteiger partial charge is 0.475 e. The summed E-state index contributed by atoms with van der Waals surface area (Å²) < 4.78 is 11.2. The van der Waals surface area contributed by atoms with E-state index in [2.05, 4.69) is 19.9 Å². The molecule has 0 bridgehead atoms. The van der Waals surface area contributed by atoms with E-state index < -0.39 is 29.1 Å². The van der Waals surface area contributed by atoms with Crippen LogP contribution >= 0.6 is 0 Å². The quantitative estimate of drug-likeness (QED) is 0.533. The smallest absolute Gasteiger partial charge is 0.303 e. The lowest BCUT2D eigenvalue weighted by Crippen LogP contribution is -2.62. The maximum Gasteiger partial charge on any atom is 0.303 e. The summed E-state index contributed by atoms with van der Waals surface area (Å²) in [7, 11) is 0. The van der Waals surface area contributed by atoms with Crippen LogP contribution in [0, 0.1) is 28.6 Å². The Kier molecular flexibility index (Phi) is 4.62. The highest BCUT2D eigenvalue weighted by molar-refractivity contribution is 5.97. The Labute approximate surface area is 187 Å². The summed E-state index contributed by atoms with van der Waals surface area (Å²) in [6, 6.07) is 0. The molecule has 5 aliphatic rings. The molecule has 8 atom stereocenters. The summed E-state index contributed by atoms with van der Waals surface area (Å²) in [6.07, 6.45) is 6.98. The van der Waals surface area contributed by atoms with Gasteiger partial charge in [0, 0.05) is 37.0 Å². The highest BCUT2D eigenvalue weighted by atomic mass is 16.5. The van der Waals surface area contributed by atoms with Gasteiger partial charge in [-0.15, -0.1) is 0 Å². The minimum absolute atomic E-state index is 0.0329. The topological polar surface area (TPSA) is 102 Å². The van der Waals surface area contributed by atoms with E-state index in [-0.39, 0.29) is 41.3 Å². The molecule has 1 aliphatic heterocycles. The number of hydrogen-bond donors (Lipinski definition) is 1. The summed E-state index contributed by atoms with van der Waals surface area (Å²) in [6.45, 7) is 6.87. The van der Waals surface area contributed by atoms with Gasteiger partial charge in [0.2, 0.25) is 5.78 Å². The molecule has 0 aromatic carbocycles. The molecule has 172 valence electrons. The number of fused-ring (bicyclic) bond motifs is 7. The Morgan fingerprint density at radius 1 is 1.34 bits per heavy atom. The average Bonchev–Trinajstić information content (AvgIpc) is 3.17. The molecular formula is C25H31NO6. The van der Waals surface area contributed by atoms with Gasteiger partial charge in [-0.2, -0.15) is 0 Å². The zero-order chi connectivity index (χ0) is 23.1. The Morgan fingerprint density at radius 2 is 2.09 bits per heavy atom. The summed E-state index contributed by atoms with van der Waals surface area (Å²) in [4.78, 5) is 41.7. The van der Waals surface area contributed by atoms with Gasteiger partial charge >= 0.3 is 5.97 Å². The number of aliphatic imine (C=N–C) groups is 1. The van der Waals surface area contributed by atoms with Crippen molar-refractivity contribution in [2.75, 3.05) is 6.61 Å². The SMILES string of the molecule is CC(=O)OCC(=O)[C@@]12N=C(C)O[C@@H]1C[C@H]1[C@@H]3CC=C4CC(=O)C=C[C@]4(C)[C@H]3[C@@H](O)C[C@@]12C. The second kappa shape index (κ2) is 6.86. The maximum atomic E-state index is 13.5. The Bertz CT molecular complexity index is 996. The number of aliphatic hydroxyl groups is 1. The van der Waals surface area contributed by atoms with Crippen molar-refractivity contribution in [3.05, 3.63) is 23.8 Å². The van der Waals surface area contributed by atoms with Crippen LogP contribution in [0.2, 0.25) is 0 Å². The number of ketones is 2. The molecule has 0 radical (unpaired) electrons. The number of rotatable bonds is 3. The fourth-order valence-corrected chi connectivity index (χ4v) is 7.88. The van der Waals surface area contributed by atoms with Crippen molar-refractivity contribution in [1.29, 1.82) is 0 Å². The molecule has 2 fully saturated rings. The number of hydrogen-bond acceptors (Lipinski definition) is 7. The first-order valence-electron chi connectivity index (χ1n) is 11.5. The standard InChI is InChI=1S/C25H31NO6/c1-13-26-25(20(30)12-31-14(2)27)21(32-13)10-18-17-6-5-15-9-16(28)7-8-23(15,3)22(17)19(29)11-24(18,25)4/h5,7-8,17-19,21-22,29H,6,9-12H2,1-4H3/t17-,18-,19-,21+,22+,23-,24-,25+/m0/s1. The van der Waals surface area contributed by atoms with Gasteiger partial charge in [-0.25, -0.2) is 4.99 Å². The Hall–Kier alpha value is -2.28. The molecule has 7 heteroatoms. The van der Waals surface area contributed by atoms with Crippen molar-refractivity contribution in [2.45, 2.75) is 71.1 Å². The van der Waals surface area contributed by atoms with Gasteiger partial charge in [0.05, 0.1) is 6.10 Å². The van der Waals surface area contributed by atoms with E-state index in [1.54, 1.807) is 13.0 Å². The van der Waals surface area contributed by atoms with Gasteiger partial charge in [0.1, 0.15) is 6.10 Å². The van der Waals surface area contributed by atoms with Gasteiger partial charge in [-0.1, -0.05) is 31.6 Å². The van der Waals surface area contributed by atoms with Crippen molar-refractivity contribution in [2.24, 2.45) is 33.6 Å². The van der Waals surface area contributed by atoms with Crippen LogP contribution in [0.1, 0.15) is 53.4 Å². The lowest BCUT2D eigenvalue weighted by molar-refractivity contribution is -0.154. The summed E-state index contributed by atoms with van der Waals surface area (Å²) >= 11 is 0. The lowest BCUT2D eigenvalue weighted by Gasteiger charge is -2.58. The molecule has 0 aromatic rings. The Balaban J connectivity index is 1.57. The predicted octanol–water partition coefficient (Wildman–Crippen LogP) is 2.56. The van der Waals surface area contributed by atoms with Crippen molar-refractivity contribution < 1.29 is 29.0 Å². The molecule has 2 saturated carbocycles. The molecular weight excluding hydrogens is 410 g/mol. The van der Waals surface area contributed by atoms with Crippen LogP contribution in [0.3, 0.4) is 0 Å². The van der Waals surface area contributed by atoms with Crippen LogP contribution in [0.25, 0.3) is 0 Å². The molecule has 0 aromatic heterocycles. The van der Waals surface area contributed by atoms with E-state index in [0.717, 1.165) is 12.0 Å². The normalized spacial score (nSPS) is 46.2. The zero-order valence-corrected chi connectivity index (χ0v) is 19.1. The predicted molar refractivity (Wildman–Crippen MR) is 116 cm³/mol. The van der Waals surface area contributed by atoms with E-state index in [1.807, 2.05) is 6.08 Å². The molecule has 1 heterocycles. The van der Waals surface area contributed by atoms with E-state index in [9.17, 15) is 19.5 Å². The molecule has 0 amide bonds. The first-order chi connectivity index (χ1) is 15.0. The first-order valence-corrected chi connectivity index (χ1v) is 11.5. The van der Waals surface area contributed by atoms with E-state index >= 15 is 0 Å². The highest BCUT2D eigenvalue weighted by Crippen LogP contribution is 2.68. The molecule has 32 heavy (non-hydrogen) atoms. The number of carbonyl (C=O) groups excluding carboxylic acids is 3. The third-order valence-corrected chi connectivity index (χ3v) is 9.13. The number of esters is 1. The lowest BCUT2D eigenvalue weighted by atomic mass is 9.46. The summed E-state index contributed by atoms with van der Waals surface area (Å²) in [5, 5.41) is 11.6. The van der Waals surface area contributed by atoms with Crippen molar-refractivity contribution >= 4 is 23.4 Å². The molecule has 0 saturated heterocycles. The number of allylic oxidation sites excluding steroid dienone is 4. The number of ether oxygens (including phenoxy) is 2. The third kappa shape index (κ3) is 2.63. The molecule has 1 N–H and O–H groups in total. The molecule has 0 spiro atoms. The maximum absolute atomic E-state index is 13.5. The van der Waals surface area contributed by atoms with E-state index in [1.165, 1.54) is 6.92 Å². The minimum atomic E-state index is -1.16. The van der Waals surface area contributed by atoms with Crippen LogP contribution in [0.4, 0.5) is 0 Å². The number of Topliss-reactive ketones (excluding diaryl/α,β-unsaturated/α-hetero) is 1. The monoisotopic (exact) mass is 441 g/mol. The summed E-state index contributed by atoms with van der Waals surface area (Å²) in [5.41, 5.74) is -1.06. The van der Waals surface area contributed by atoms with Crippen LogP contribution in [0.15, 0.2) is 28.8 Å². The number of nitrogens with zero attached hydrogens (tertiary/aromatic N) is 1. The van der Waals surface area contributed by atoms with E-state index in [4.69, 9.17) is 14.5 Å². The van der Waals surface area contributed by atoms with Crippen molar-refractivity contribution in [3.63, 3.8) is 0 Å². The van der Waals surface area contributed by atoms with Crippen LogP contribution in [-0.2, 0) is 23.9 Å². The summed E-state index contributed by atoms with van der Waals surface area (Å²) in [5.74, 6) is 0.0185. The zero-order valence-electron chi connectivity index (χ0n) is 19.1. The van der Waals surface area contributed by atoms with Crippen LogP contribution < -0.4 is 0 Å². The van der Waals surface area contributed by atoms with Crippen LogP contribution in [-0.4, -0.2) is 52.9 Å². The number of aliphatic hydroxyl groups excluding tert-OH is 1. The van der Waals surface area contributed by atoms with Crippen molar-refractivity contribution in [3.8, 4) is 0 Å². The molecule has 0 unspecified atom stereocenters. The van der Waals surface area contributed by atoms with Crippen LogP contribution in [0.5, 0.6) is 0 Å². The minimum Gasteiger partial charge on any atom is -0.475 e. The van der Waals surface area contributed by atoms with Gasteiger partial charge < -0.3 is 14.6 Å². The Morgan fingerprint density at radius 3 is 2.81 bits per heavy atom. The fourth-order valence-electron chi connectivity index (χ4n) is 7.88. The number of carbonyl (C=O) groups is 3. The fraction of sp³-hybridized carbons (Fsp3) is 0.680. The van der Waals surface area contributed by atoms with Gasteiger partial charge in [-0.05, 0) is 37.2 Å². The van der Waals surface area contributed by atoms with E-state index in [0.29, 0.717) is 25.2 Å². The second-order valence-corrected chi connectivity index (χ2v) is 10.7. The third-order valence-electron chi connectivity index (χ3n) is 9.13.